The number of benzene rings is 1. The van der Waals surface area contributed by atoms with Crippen molar-refractivity contribution in [1.82, 2.24) is 14.3 Å². The van der Waals surface area contributed by atoms with Crippen molar-refractivity contribution in [1.29, 1.82) is 0 Å². The van der Waals surface area contributed by atoms with Gasteiger partial charge in [0.15, 0.2) is 5.54 Å². The van der Waals surface area contributed by atoms with Crippen molar-refractivity contribution in [2.75, 3.05) is 19.6 Å². The molecule has 13 heteroatoms. The number of hydrogen-bond donors (Lipinski definition) is 2. The number of nitrogens with one attached hydrogen (secondary N) is 2. The molecule has 1 fully saturated rings. The lowest BCUT2D eigenvalue weighted by molar-refractivity contribution is -0.152. The molecule has 1 aromatic carbocycles. The SMILES string of the molecule is C=CC[C@@H]1CN(S(=O)(=O)N[C@H](C)CNC(=O)OC(C)(C)C)C[C@]1(N=[N+]=[N-])C(=O)OCc1ccccc1. The minimum atomic E-state index is -4.12. The van der Waals surface area contributed by atoms with Gasteiger partial charge in [0.05, 0.1) is 0 Å². The average Bonchev–Trinajstić information content (AvgIpc) is 3.16. The van der Waals surface area contributed by atoms with Crippen molar-refractivity contribution in [3.8, 4) is 0 Å². The molecule has 0 spiro atoms. The molecule has 198 valence electrons. The molecule has 1 amide bonds. The van der Waals surface area contributed by atoms with Crippen LogP contribution in [-0.4, -0.2) is 61.6 Å². The van der Waals surface area contributed by atoms with E-state index < -0.39 is 51.9 Å². The van der Waals surface area contributed by atoms with Gasteiger partial charge in [-0.3, -0.25) is 4.79 Å². The van der Waals surface area contributed by atoms with Gasteiger partial charge < -0.3 is 14.8 Å². The van der Waals surface area contributed by atoms with E-state index in [1.807, 2.05) is 6.07 Å². The smallest absolute Gasteiger partial charge is 0.407 e. The molecule has 1 aliphatic heterocycles. The van der Waals surface area contributed by atoms with Crippen LogP contribution in [0.2, 0.25) is 0 Å². The van der Waals surface area contributed by atoms with Gasteiger partial charge >= 0.3 is 12.1 Å². The highest BCUT2D eigenvalue weighted by molar-refractivity contribution is 7.87. The molecule has 36 heavy (non-hydrogen) atoms. The fourth-order valence-electron chi connectivity index (χ4n) is 3.75. The first-order chi connectivity index (χ1) is 16.8. The first kappa shape index (κ1) is 29.1. The molecule has 1 aromatic rings. The van der Waals surface area contributed by atoms with E-state index in [0.717, 1.165) is 9.87 Å². The van der Waals surface area contributed by atoms with Gasteiger partial charge in [0.25, 0.3) is 10.2 Å². The summed E-state index contributed by atoms with van der Waals surface area (Å²) in [4.78, 5) is 27.9. The van der Waals surface area contributed by atoms with E-state index in [9.17, 15) is 23.5 Å². The number of rotatable bonds is 11. The number of azide groups is 1. The highest BCUT2D eigenvalue weighted by Crippen LogP contribution is 2.37. The fourth-order valence-corrected chi connectivity index (χ4v) is 5.23. The van der Waals surface area contributed by atoms with E-state index in [4.69, 9.17) is 9.47 Å². The largest absolute Gasteiger partial charge is 0.460 e. The highest BCUT2D eigenvalue weighted by atomic mass is 32.2. The summed E-state index contributed by atoms with van der Waals surface area (Å²) in [5.41, 5.74) is 7.52. The Kier molecular flexibility index (Phi) is 9.88. The summed E-state index contributed by atoms with van der Waals surface area (Å²) >= 11 is 0. The molecule has 0 aliphatic carbocycles. The predicted octanol–water partition coefficient (Wildman–Crippen LogP) is 3.03. The summed E-state index contributed by atoms with van der Waals surface area (Å²) in [6.07, 6.45) is 1.08. The number of esters is 1. The van der Waals surface area contributed by atoms with Gasteiger partial charge in [-0.15, -0.1) is 6.58 Å². The van der Waals surface area contributed by atoms with Crippen molar-refractivity contribution < 1.29 is 27.5 Å². The normalized spacial score (nSPS) is 21.2. The Labute approximate surface area is 211 Å². The van der Waals surface area contributed by atoms with Gasteiger partial charge in [0.2, 0.25) is 0 Å². The number of carbonyl (C=O) groups is 2. The second kappa shape index (κ2) is 12.2. The summed E-state index contributed by atoms with van der Waals surface area (Å²) < 4.78 is 40.4. The first-order valence-electron chi connectivity index (χ1n) is 11.5. The molecule has 0 saturated carbocycles. The number of alkyl carbamates (subject to hydrolysis) is 1. The zero-order valence-corrected chi connectivity index (χ0v) is 21.8. The van der Waals surface area contributed by atoms with Gasteiger partial charge in [-0.05, 0) is 51.1 Å². The Bertz CT molecular complexity index is 1080. The monoisotopic (exact) mass is 522 g/mol. The predicted molar refractivity (Wildman–Crippen MR) is 134 cm³/mol. The van der Waals surface area contributed by atoms with Crippen LogP contribution in [0.25, 0.3) is 10.4 Å². The molecule has 12 nitrogen and oxygen atoms in total. The van der Waals surface area contributed by atoms with Gasteiger partial charge in [0, 0.05) is 30.6 Å². The first-order valence-corrected chi connectivity index (χ1v) is 12.9. The number of hydrogen-bond acceptors (Lipinski definition) is 7. The Hall–Kier alpha value is -3.12. The summed E-state index contributed by atoms with van der Waals surface area (Å²) in [5, 5.41) is 6.26. The molecular formula is C23H34N6O6S. The van der Waals surface area contributed by atoms with Crippen molar-refractivity contribution in [3.05, 3.63) is 59.0 Å². The van der Waals surface area contributed by atoms with Crippen molar-refractivity contribution in [3.63, 3.8) is 0 Å². The van der Waals surface area contributed by atoms with Gasteiger partial charge in [-0.2, -0.15) is 17.4 Å². The van der Waals surface area contributed by atoms with E-state index in [-0.39, 0.29) is 26.1 Å². The fraction of sp³-hybridized carbons (Fsp3) is 0.565. The molecule has 3 atom stereocenters. The Morgan fingerprint density at radius 3 is 2.61 bits per heavy atom. The third-order valence-electron chi connectivity index (χ3n) is 5.40. The molecule has 2 N–H and O–H groups in total. The lowest BCUT2D eigenvalue weighted by atomic mass is 9.85. The number of ether oxygens (including phenoxy) is 2. The van der Waals surface area contributed by atoms with E-state index in [1.54, 1.807) is 52.0 Å². The molecular weight excluding hydrogens is 488 g/mol. The summed E-state index contributed by atoms with van der Waals surface area (Å²) in [7, 11) is -4.12. The molecule has 0 radical (unpaired) electrons. The quantitative estimate of drug-likeness (QED) is 0.149. The Morgan fingerprint density at radius 2 is 2.03 bits per heavy atom. The number of amides is 1. The summed E-state index contributed by atoms with van der Waals surface area (Å²) in [5.74, 6) is -1.49. The van der Waals surface area contributed by atoms with Crippen LogP contribution in [0.1, 0.15) is 39.7 Å². The average molecular weight is 523 g/mol. The van der Waals surface area contributed by atoms with Gasteiger partial charge in [-0.25, -0.2) is 4.79 Å². The van der Waals surface area contributed by atoms with E-state index in [0.29, 0.717) is 0 Å². The highest BCUT2D eigenvalue weighted by Gasteiger charge is 2.55. The van der Waals surface area contributed by atoms with Crippen molar-refractivity contribution in [2.24, 2.45) is 11.0 Å². The minimum Gasteiger partial charge on any atom is -0.460 e. The lowest BCUT2D eigenvalue weighted by Gasteiger charge is -2.27. The van der Waals surface area contributed by atoms with Crippen LogP contribution in [0, 0.1) is 5.92 Å². The van der Waals surface area contributed by atoms with E-state index in [1.165, 1.54) is 6.08 Å². The van der Waals surface area contributed by atoms with Crippen LogP contribution < -0.4 is 10.0 Å². The third-order valence-corrected chi connectivity index (χ3v) is 7.06. The molecule has 1 aliphatic rings. The van der Waals surface area contributed by atoms with Crippen LogP contribution in [0.5, 0.6) is 0 Å². The van der Waals surface area contributed by atoms with E-state index >= 15 is 0 Å². The second-order valence-electron chi connectivity index (χ2n) is 9.60. The van der Waals surface area contributed by atoms with Crippen LogP contribution in [-0.2, 0) is 31.1 Å². The number of nitrogens with zero attached hydrogens (tertiary/aromatic N) is 4. The number of allylic oxidation sites excluding steroid dienone is 1. The summed E-state index contributed by atoms with van der Waals surface area (Å²) in [6.45, 7) is 9.83. The molecule has 0 bridgehead atoms. The second-order valence-corrected chi connectivity index (χ2v) is 11.3. The zero-order chi connectivity index (χ0) is 27.0. The van der Waals surface area contributed by atoms with E-state index in [2.05, 4.69) is 26.6 Å². The lowest BCUT2D eigenvalue weighted by Crippen LogP contribution is -2.50. The molecule has 1 heterocycles. The van der Waals surface area contributed by atoms with Crippen LogP contribution in [0.3, 0.4) is 0 Å². The molecule has 0 aromatic heterocycles. The molecule has 0 unspecified atom stereocenters. The van der Waals surface area contributed by atoms with Crippen LogP contribution in [0.15, 0.2) is 48.1 Å². The standard InChI is InChI=1S/C23H34N6O6S/c1-6-10-19-14-29(36(32,33)26-17(2)13-25-21(31)35-22(3,4)5)16-23(19,27-28-24)20(30)34-15-18-11-8-7-9-12-18/h6-9,11-12,17,19,26H,1,10,13-16H2,2-5H3,(H,25,31)/t17-,19-,23-/m1/s1. The van der Waals surface area contributed by atoms with Crippen LogP contribution in [0.4, 0.5) is 4.79 Å². The topological polar surface area (TPSA) is 163 Å². The summed E-state index contributed by atoms with van der Waals surface area (Å²) in [6, 6.07) is 8.26. The zero-order valence-electron chi connectivity index (χ0n) is 21.0. The number of carbonyl (C=O) groups excluding carboxylic acids is 2. The third kappa shape index (κ3) is 7.95. The molecule has 2 rings (SSSR count). The maximum absolute atomic E-state index is 13.2. The van der Waals surface area contributed by atoms with Gasteiger partial charge in [-0.1, -0.05) is 41.5 Å². The molecule has 1 saturated heterocycles. The van der Waals surface area contributed by atoms with Crippen molar-refractivity contribution in [2.45, 2.75) is 57.9 Å². The van der Waals surface area contributed by atoms with Crippen LogP contribution >= 0.6 is 0 Å². The minimum absolute atomic E-state index is 0.0291. The maximum Gasteiger partial charge on any atom is 0.407 e. The van der Waals surface area contributed by atoms with Crippen molar-refractivity contribution >= 4 is 22.3 Å². The Balaban J connectivity index is 2.14. The Morgan fingerprint density at radius 1 is 1.36 bits per heavy atom. The van der Waals surface area contributed by atoms with Gasteiger partial charge in [0.1, 0.15) is 12.2 Å². The maximum atomic E-state index is 13.2.